The van der Waals surface area contributed by atoms with Gasteiger partial charge in [0.05, 0.1) is 23.2 Å². The van der Waals surface area contributed by atoms with Gasteiger partial charge in [-0.1, -0.05) is 12.8 Å². The Hall–Kier alpha value is -2.94. The van der Waals surface area contributed by atoms with E-state index >= 15 is 0 Å². The van der Waals surface area contributed by atoms with E-state index in [4.69, 9.17) is 4.42 Å². The second kappa shape index (κ2) is 9.05. The van der Waals surface area contributed by atoms with Crippen molar-refractivity contribution in [2.45, 2.75) is 55.5 Å². The molecule has 0 saturated heterocycles. The molecule has 164 valence electrons. The van der Waals surface area contributed by atoms with Crippen LogP contribution in [0.25, 0.3) is 11.3 Å². The minimum Gasteiger partial charge on any atom is -0.441 e. The van der Waals surface area contributed by atoms with Gasteiger partial charge in [0, 0.05) is 37.1 Å². The van der Waals surface area contributed by atoms with Crippen LogP contribution in [0.5, 0.6) is 0 Å². The van der Waals surface area contributed by atoms with Crippen molar-refractivity contribution in [3.05, 3.63) is 54.8 Å². The van der Waals surface area contributed by atoms with Gasteiger partial charge < -0.3 is 9.73 Å². The minimum atomic E-state index is -3.24. The third-order valence-corrected chi connectivity index (χ3v) is 6.76. The van der Waals surface area contributed by atoms with Crippen LogP contribution < -0.4 is 5.32 Å². The molecule has 0 radical (unpaired) electrons. The summed E-state index contributed by atoms with van der Waals surface area (Å²) in [6, 6.07) is 8.63. The molecular formula is C22H26N4O4S. The zero-order chi connectivity index (χ0) is 21.8. The number of aryl methyl sites for hydroxylation is 1. The van der Waals surface area contributed by atoms with Gasteiger partial charge >= 0.3 is 0 Å². The highest BCUT2D eigenvalue weighted by Crippen LogP contribution is 2.28. The van der Waals surface area contributed by atoms with Gasteiger partial charge in [-0.05, 0) is 43.2 Å². The standard InChI is InChI=1S/C22H26N4O4S/c1-31(28,29)17-9-7-16(8-10-17)20-15-23-22(30-20)12-11-21(27)25-18-5-2-3-6-19(18)26-14-4-13-24-26/h4,7-10,13-15,18-19H,2-3,5-6,11-12H2,1H3,(H,25,27)/t18-,19+/m0/s1. The number of aromatic nitrogens is 3. The van der Waals surface area contributed by atoms with Crippen LogP contribution >= 0.6 is 0 Å². The van der Waals surface area contributed by atoms with Gasteiger partial charge in [0.1, 0.15) is 0 Å². The Morgan fingerprint density at radius 3 is 2.71 bits per heavy atom. The second-order valence-corrected chi connectivity index (χ2v) is 9.94. The molecule has 1 fully saturated rings. The molecule has 4 rings (SSSR count). The molecule has 1 aliphatic carbocycles. The van der Waals surface area contributed by atoms with Crippen molar-refractivity contribution in [2.75, 3.05) is 6.26 Å². The Kier molecular flexibility index (Phi) is 6.22. The summed E-state index contributed by atoms with van der Waals surface area (Å²) in [4.78, 5) is 17.1. The molecule has 2 atom stereocenters. The van der Waals surface area contributed by atoms with E-state index in [1.807, 2.05) is 16.9 Å². The molecule has 1 saturated carbocycles. The molecule has 2 heterocycles. The molecular weight excluding hydrogens is 416 g/mol. The van der Waals surface area contributed by atoms with Crippen LogP contribution in [0.4, 0.5) is 0 Å². The number of carbonyl (C=O) groups excluding carboxylic acids is 1. The number of rotatable bonds is 7. The van der Waals surface area contributed by atoms with Gasteiger partial charge in [-0.3, -0.25) is 9.48 Å². The van der Waals surface area contributed by atoms with Crippen LogP contribution in [0.1, 0.15) is 44.0 Å². The SMILES string of the molecule is CS(=O)(=O)c1ccc(-c2cnc(CCC(=O)N[C@H]3CCCC[C@H]3n3cccn3)o2)cc1. The molecule has 3 aromatic rings. The quantitative estimate of drug-likeness (QED) is 0.602. The second-order valence-electron chi connectivity index (χ2n) is 7.93. The summed E-state index contributed by atoms with van der Waals surface area (Å²) in [6.45, 7) is 0. The molecule has 9 heteroatoms. The Balaban J connectivity index is 1.33. The summed E-state index contributed by atoms with van der Waals surface area (Å²) >= 11 is 0. The minimum absolute atomic E-state index is 0.0266. The number of hydrogen-bond donors (Lipinski definition) is 1. The van der Waals surface area contributed by atoms with Crippen LogP contribution in [0.15, 0.2) is 58.2 Å². The van der Waals surface area contributed by atoms with Crippen molar-refractivity contribution in [1.29, 1.82) is 0 Å². The van der Waals surface area contributed by atoms with Crippen LogP contribution in [0.3, 0.4) is 0 Å². The number of hydrogen-bond acceptors (Lipinski definition) is 6. The zero-order valence-corrected chi connectivity index (χ0v) is 18.2. The van der Waals surface area contributed by atoms with Crippen molar-refractivity contribution in [1.82, 2.24) is 20.1 Å². The Morgan fingerprint density at radius 1 is 1.23 bits per heavy atom. The molecule has 0 spiro atoms. The first-order valence-corrected chi connectivity index (χ1v) is 12.3. The number of nitrogens with zero attached hydrogens (tertiary/aromatic N) is 3. The van der Waals surface area contributed by atoms with Gasteiger partial charge in [0.25, 0.3) is 0 Å². The van der Waals surface area contributed by atoms with E-state index in [2.05, 4.69) is 15.4 Å². The van der Waals surface area contributed by atoms with E-state index in [9.17, 15) is 13.2 Å². The Morgan fingerprint density at radius 2 is 2.00 bits per heavy atom. The monoisotopic (exact) mass is 442 g/mol. The first kappa shape index (κ1) is 21.3. The van der Waals surface area contributed by atoms with Gasteiger partial charge in [-0.15, -0.1) is 0 Å². The van der Waals surface area contributed by atoms with E-state index in [0.717, 1.165) is 31.2 Å². The Labute approximate surface area is 181 Å². The largest absolute Gasteiger partial charge is 0.441 e. The van der Waals surface area contributed by atoms with Gasteiger partial charge in [-0.2, -0.15) is 5.10 Å². The molecule has 8 nitrogen and oxygen atoms in total. The summed E-state index contributed by atoms with van der Waals surface area (Å²) in [5.74, 6) is 0.993. The number of amides is 1. The highest BCUT2D eigenvalue weighted by atomic mass is 32.2. The van der Waals surface area contributed by atoms with E-state index < -0.39 is 9.84 Å². The predicted octanol–water partition coefficient (Wildman–Crippen LogP) is 3.17. The number of carbonyl (C=O) groups is 1. The fourth-order valence-corrected chi connectivity index (χ4v) is 4.63. The van der Waals surface area contributed by atoms with Crippen LogP contribution in [0.2, 0.25) is 0 Å². The summed E-state index contributed by atoms with van der Waals surface area (Å²) in [7, 11) is -3.24. The summed E-state index contributed by atoms with van der Waals surface area (Å²) < 4.78 is 30.9. The van der Waals surface area contributed by atoms with E-state index in [1.54, 1.807) is 36.7 Å². The highest BCUT2D eigenvalue weighted by Gasteiger charge is 2.28. The van der Waals surface area contributed by atoms with Gasteiger partial charge in [0.15, 0.2) is 21.5 Å². The number of oxazole rings is 1. The number of benzene rings is 1. The molecule has 1 aliphatic rings. The maximum Gasteiger partial charge on any atom is 0.220 e. The van der Waals surface area contributed by atoms with Gasteiger partial charge in [0.2, 0.25) is 5.91 Å². The van der Waals surface area contributed by atoms with Crippen molar-refractivity contribution in [2.24, 2.45) is 0 Å². The Bertz CT molecular complexity index is 1120. The molecule has 0 bridgehead atoms. The molecule has 2 aromatic heterocycles. The number of nitrogens with one attached hydrogen (secondary N) is 1. The molecule has 0 unspecified atom stereocenters. The third kappa shape index (κ3) is 5.22. The van der Waals surface area contributed by atoms with Crippen molar-refractivity contribution in [3.63, 3.8) is 0 Å². The molecule has 31 heavy (non-hydrogen) atoms. The average Bonchev–Trinajstić information content (AvgIpc) is 3.45. The van der Waals surface area contributed by atoms with E-state index in [0.29, 0.717) is 18.1 Å². The van der Waals surface area contributed by atoms with E-state index in [1.165, 1.54) is 6.26 Å². The van der Waals surface area contributed by atoms with Crippen molar-refractivity contribution >= 4 is 15.7 Å². The molecule has 0 aliphatic heterocycles. The summed E-state index contributed by atoms with van der Waals surface area (Å²) in [5, 5.41) is 7.51. The summed E-state index contributed by atoms with van der Waals surface area (Å²) in [6.07, 6.45) is 11.4. The molecule has 1 amide bonds. The van der Waals surface area contributed by atoms with Crippen molar-refractivity contribution in [3.8, 4) is 11.3 Å². The lowest BCUT2D eigenvalue weighted by molar-refractivity contribution is -0.122. The summed E-state index contributed by atoms with van der Waals surface area (Å²) in [5.41, 5.74) is 0.736. The lowest BCUT2D eigenvalue weighted by Crippen LogP contribution is -2.43. The molecule has 1 aromatic carbocycles. The lowest BCUT2D eigenvalue weighted by Gasteiger charge is -2.32. The number of sulfone groups is 1. The van der Waals surface area contributed by atoms with E-state index in [-0.39, 0.29) is 29.3 Å². The fraction of sp³-hybridized carbons (Fsp3) is 0.409. The molecule has 1 N–H and O–H groups in total. The van der Waals surface area contributed by atoms with Crippen molar-refractivity contribution < 1.29 is 17.6 Å². The highest BCUT2D eigenvalue weighted by molar-refractivity contribution is 7.90. The predicted molar refractivity (Wildman–Crippen MR) is 115 cm³/mol. The zero-order valence-electron chi connectivity index (χ0n) is 17.4. The van der Waals surface area contributed by atoms with Crippen LogP contribution in [0, 0.1) is 0 Å². The average molecular weight is 443 g/mol. The topological polar surface area (TPSA) is 107 Å². The van der Waals surface area contributed by atoms with Crippen LogP contribution in [-0.4, -0.2) is 41.4 Å². The third-order valence-electron chi connectivity index (χ3n) is 5.63. The first-order valence-electron chi connectivity index (χ1n) is 10.4. The normalized spacial score (nSPS) is 19.3. The lowest BCUT2D eigenvalue weighted by atomic mass is 9.90. The van der Waals surface area contributed by atoms with Crippen LogP contribution in [-0.2, 0) is 21.1 Å². The fourth-order valence-electron chi connectivity index (χ4n) is 4.00. The smallest absolute Gasteiger partial charge is 0.220 e. The maximum absolute atomic E-state index is 12.5. The van der Waals surface area contributed by atoms with Gasteiger partial charge in [-0.25, -0.2) is 13.4 Å². The maximum atomic E-state index is 12.5. The first-order chi connectivity index (χ1) is 14.9.